The summed E-state index contributed by atoms with van der Waals surface area (Å²) < 4.78 is 0. The zero-order chi connectivity index (χ0) is 13.0. The second kappa shape index (κ2) is 6.55. The van der Waals surface area contributed by atoms with Gasteiger partial charge in [-0.1, -0.05) is 25.7 Å². The minimum absolute atomic E-state index is 0.277. The van der Waals surface area contributed by atoms with Crippen molar-refractivity contribution in [2.24, 2.45) is 5.92 Å². The Morgan fingerprint density at radius 2 is 1.83 bits per heavy atom. The van der Waals surface area contributed by atoms with Gasteiger partial charge in [-0.05, 0) is 39.0 Å². The molecule has 1 saturated heterocycles. The Bertz CT molecular complexity index is 272. The number of amides is 1. The largest absolute Gasteiger partial charge is 0.393 e. The third-order valence-corrected chi connectivity index (χ3v) is 4.48. The van der Waals surface area contributed by atoms with E-state index in [1.807, 2.05) is 6.92 Å². The van der Waals surface area contributed by atoms with Crippen LogP contribution >= 0.6 is 0 Å². The number of hydrogen-bond acceptors (Lipinski definition) is 2. The van der Waals surface area contributed by atoms with Crippen LogP contribution in [-0.4, -0.2) is 34.6 Å². The topological polar surface area (TPSA) is 40.5 Å². The number of rotatable bonds is 3. The van der Waals surface area contributed by atoms with E-state index in [4.69, 9.17) is 0 Å². The van der Waals surface area contributed by atoms with Crippen molar-refractivity contribution < 1.29 is 9.90 Å². The molecule has 0 aromatic rings. The van der Waals surface area contributed by atoms with Crippen LogP contribution in [0.3, 0.4) is 0 Å². The maximum absolute atomic E-state index is 12.6. The molecule has 1 saturated carbocycles. The lowest BCUT2D eigenvalue weighted by Crippen LogP contribution is -2.44. The fourth-order valence-corrected chi connectivity index (χ4v) is 3.51. The quantitative estimate of drug-likeness (QED) is 0.840. The zero-order valence-corrected chi connectivity index (χ0v) is 11.6. The van der Waals surface area contributed by atoms with Crippen molar-refractivity contribution in [3.05, 3.63) is 0 Å². The lowest BCUT2D eigenvalue weighted by molar-refractivity contribution is -0.138. The van der Waals surface area contributed by atoms with E-state index in [9.17, 15) is 9.90 Å². The molecule has 104 valence electrons. The fourth-order valence-electron chi connectivity index (χ4n) is 3.51. The summed E-state index contributed by atoms with van der Waals surface area (Å²) >= 11 is 0. The molecular formula is C15H27NO2. The van der Waals surface area contributed by atoms with Crippen LogP contribution in [0, 0.1) is 5.92 Å². The monoisotopic (exact) mass is 253 g/mol. The highest BCUT2D eigenvalue weighted by Gasteiger charge is 2.32. The van der Waals surface area contributed by atoms with E-state index in [1.54, 1.807) is 0 Å². The van der Waals surface area contributed by atoms with Crippen molar-refractivity contribution >= 4 is 5.91 Å². The molecule has 1 N–H and O–H groups in total. The number of carbonyl (C=O) groups excluding carboxylic acids is 1. The standard InChI is InChI=1S/C15H27NO2/c1-12(17)11-14-9-3-2-6-10-16(14)15(18)13-7-4-5-8-13/h12-14,17H,2-11H2,1H3. The van der Waals surface area contributed by atoms with Gasteiger partial charge in [-0.3, -0.25) is 4.79 Å². The van der Waals surface area contributed by atoms with Gasteiger partial charge in [0.05, 0.1) is 6.10 Å². The van der Waals surface area contributed by atoms with Gasteiger partial charge >= 0.3 is 0 Å². The molecule has 18 heavy (non-hydrogen) atoms. The van der Waals surface area contributed by atoms with Crippen molar-refractivity contribution in [2.75, 3.05) is 6.54 Å². The van der Waals surface area contributed by atoms with Crippen LogP contribution in [0.25, 0.3) is 0 Å². The molecule has 2 fully saturated rings. The Hall–Kier alpha value is -0.570. The molecule has 2 unspecified atom stereocenters. The summed E-state index contributed by atoms with van der Waals surface area (Å²) in [6.07, 6.45) is 9.67. The van der Waals surface area contributed by atoms with Crippen LogP contribution in [0.1, 0.15) is 64.7 Å². The maximum Gasteiger partial charge on any atom is 0.225 e. The predicted molar refractivity (Wildman–Crippen MR) is 72.2 cm³/mol. The predicted octanol–water partition coefficient (Wildman–Crippen LogP) is 2.72. The second-order valence-electron chi connectivity index (χ2n) is 6.10. The summed E-state index contributed by atoms with van der Waals surface area (Å²) in [6, 6.07) is 0.278. The summed E-state index contributed by atoms with van der Waals surface area (Å²) in [5.74, 6) is 0.652. The Morgan fingerprint density at radius 3 is 2.50 bits per heavy atom. The van der Waals surface area contributed by atoms with Crippen molar-refractivity contribution in [1.82, 2.24) is 4.90 Å². The smallest absolute Gasteiger partial charge is 0.225 e. The summed E-state index contributed by atoms with van der Waals surface area (Å²) in [7, 11) is 0. The van der Waals surface area contributed by atoms with Crippen LogP contribution in [0.5, 0.6) is 0 Å². The van der Waals surface area contributed by atoms with Gasteiger partial charge < -0.3 is 10.0 Å². The third kappa shape index (κ3) is 3.47. The summed E-state index contributed by atoms with van der Waals surface area (Å²) in [6.45, 7) is 2.75. The van der Waals surface area contributed by atoms with E-state index in [0.717, 1.165) is 38.6 Å². The molecule has 3 nitrogen and oxygen atoms in total. The highest BCUT2D eigenvalue weighted by Crippen LogP contribution is 2.30. The molecule has 0 aromatic carbocycles. The Balaban J connectivity index is 2.01. The van der Waals surface area contributed by atoms with Gasteiger partial charge in [0.2, 0.25) is 5.91 Å². The molecule has 1 aliphatic heterocycles. The van der Waals surface area contributed by atoms with Crippen molar-refractivity contribution in [2.45, 2.75) is 76.9 Å². The molecule has 2 rings (SSSR count). The number of likely N-dealkylation sites (tertiary alicyclic amines) is 1. The average molecular weight is 253 g/mol. The van der Waals surface area contributed by atoms with E-state index >= 15 is 0 Å². The van der Waals surface area contributed by atoms with E-state index < -0.39 is 0 Å². The van der Waals surface area contributed by atoms with Gasteiger partial charge in [0.25, 0.3) is 0 Å². The van der Waals surface area contributed by atoms with Crippen molar-refractivity contribution in [3.8, 4) is 0 Å². The lowest BCUT2D eigenvalue weighted by Gasteiger charge is -2.33. The van der Waals surface area contributed by atoms with Crippen molar-refractivity contribution in [3.63, 3.8) is 0 Å². The van der Waals surface area contributed by atoms with Gasteiger partial charge in [0.1, 0.15) is 0 Å². The zero-order valence-electron chi connectivity index (χ0n) is 11.6. The first-order chi connectivity index (χ1) is 8.68. The van der Waals surface area contributed by atoms with Crippen LogP contribution in [-0.2, 0) is 4.79 Å². The first-order valence-electron chi connectivity index (χ1n) is 7.67. The molecule has 2 atom stereocenters. The molecule has 3 heteroatoms. The minimum Gasteiger partial charge on any atom is -0.393 e. The highest BCUT2D eigenvalue weighted by atomic mass is 16.3. The van der Waals surface area contributed by atoms with Gasteiger partial charge in [0, 0.05) is 18.5 Å². The van der Waals surface area contributed by atoms with E-state index in [0.29, 0.717) is 5.91 Å². The van der Waals surface area contributed by atoms with Gasteiger partial charge in [-0.25, -0.2) is 0 Å². The Labute approximate surface area is 111 Å². The van der Waals surface area contributed by atoms with Gasteiger partial charge in [-0.15, -0.1) is 0 Å². The molecule has 1 amide bonds. The summed E-state index contributed by atoms with van der Waals surface area (Å²) in [5, 5.41) is 9.62. The Kier molecular flexibility index (Phi) is 5.04. The number of aliphatic hydroxyl groups excluding tert-OH is 1. The van der Waals surface area contributed by atoms with E-state index in [1.165, 1.54) is 25.7 Å². The molecule has 0 spiro atoms. The first-order valence-corrected chi connectivity index (χ1v) is 7.67. The molecule has 0 radical (unpaired) electrons. The fraction of sp³-hybridized carbons (Fsp3) is 0.933. The minimum atomic E-state index is -0.299. The molecule has 1 aliphatic carbocycles. The lowest BCUT2D eigenvalue weighted by atomic mass is 10.0. The second-order valence-corrected chi connectivity index (χ2v) is 6.10. The number of nitrogens with zero attached hydrogens (tertiary/aromatic N) is 1. The normalized spacial score (nSPS) is 28.1. The van der Waals surface area contributed by atoms with Gasteiger partial charge in [0.15, 0.2) is 0 Å². The van der Waals surface area contributed by atoms with Gasteiger partial charge in [-0.2, -0.15) is 0 Å². The number of hydrogen-bond donors (Lipinski definition) is 1. The summed E-state index contributed by atoms with van der Waals surface area (Å²) in [5.41, 5.74) is 0. The van der Waals surface area contributed by atoms with E-state index in [2.05, 4.69) is 4.90 Å². The molecule has 2 aliphatic rings. The van der Waals surface area contributed by atoms with Crippen LogP contribution < -0.4 is 0 Å². The maximum atomic E-state index is 12.6. The molecule has 1 heterocycles. The SMILES string of the molecule is CC(O)CC1CCCCCN1C(=O)C1CCCC1. The molecule has 0 bridgehead atoms. The van der Waals surface area contributed by atoms with Crippen LogP contribution in [0.2, 0.25) is 0 Å². The summed E-state index contributed by atoms with van der Waals surface area (Å²) in [4.78, 5) is 14.7. The molecular weight excluding hydrogens is 226 g/mol. The number of carbonyl (C=O) groups is 1. The Morgan fingerprint density at radius 1 is 1.17 bits per heavy atom. The number of aliphatic hydroxyl groups is 1. The van der Waals surface area contributed by atoms with Crippen molar-refractivity contribution in [1.29, 1.82) is 0 Å². The molecule has 0 aromatic heterocycles. The van der Waals surface area contributed by atoms with E-state index in [-0.39, 0.29) is 18.1 Å². The first kappa shape index (κ1) is 13.9. The third-order valence-electron chi connectivity index (χ3n) is 4.48. The average Bonchev–Trinajstić information content (AvgIpc) is 2.76. The van der Waals surface area contributed by atoms with Crippen LogP contribution in [0.15, 0.2) is 0 Å². The van der Waals surface area contributed by atoms with Crippen LogP contribution in [0.4, 0.5) is 0 Å². The highest BCUT2D eigenvalue weighted by molar-refractivity contribution is 5.79.